The molecule has 1 saturated carbocycles. The van der Waals surface area contributed by atoms with Gasteiger partial charge in [-0.05, 0) is 19.3 Å². The van der Waals surface area contributed by atoms with Crippen molar-refractivity contribution in [3.63, 3.8) is 0 Å². The highest BCUT2D eigenvalue weighted by Crippen LogP contribution is 2.44. The van der Waals surface area contributed by atoms with Crippen molar-refractivity contribution in [2.75, 3.05) is 18.8 Å². The first-order chi connectivity index (χ1) is 6.90. The number of rotatable bonds is 6. The molecule has 5 N–H and O–H groups in total. The molecule has 1 aliphatic rings. The van der Waals surface area contributed by atoms with Crippen molar-refractivity contribution in [2.45, 2.75) is 19.3 Å². The largest absolute Gasteiger partial charge is 0.356 e. The predicted molar refractivity (Wildman–Crippen MR) is 56.3 cm³/mol. The summed E-state index contributed by atoms with van der Waals surface area (Å²) >= 11 is 0. The molecule has 0 saturated heterocycles. The Hall–Kier alpha value is -0.660. The molecule has 0 atom stereocenters. The van der Waals surface area contributed by atoms with Crippen molar-refractivity contribution in [2.24, 2.45) is 16.3 Å². The summed E-state index contributed by atoms with van der Waals surface area (Å²) < 4.78 is 21.2. The first kappa shape index (κ1) is 12.4. The number of sulfonamides is 1. The minimum Gasteiger partial charge on any atom is -0.356 e. The zero-order valence-electron chi connectivity index (χ0n) is 8.53. The highest BCUT2D eigenvalue weighted by molar-refractivity contribution is 7.89. The standard InChI is InChI=1S/C8H17N3O3S/c9-6-8(2-3-8)7(12)11-4-1-5-15(10,13)14/h1-6,9H2,(H,11,12)(H2,10,13,14). The van der Waals surface area contributed by atoms with Gasteiger partial charge in [0.1, 0.15) is 0 Å². The molecule has 1 rings (SSSR count). The summed E-state index contributed by atoms with van der Waals surface area (Å²) in [4.78, 5) is 11.5. The van der Waals surface area contributed by atoms with E-state index in [2.05, 4.69) is 5.32 Å². The molecule has 6 nitrogen and oxygen atoms in total. The fourth-order valence-corrected chi connectivity index (χ4v) is 1.88. The highest BCUT2D eigenvalue weighted by Gasteiger charge is 2.48. The molecule has 1 fully saturated rings. The second kappa shape index (κ2) is 4.46. The fraction of sp³-hybridized carbons (Fsp3) is 0.875. The third kappa shape index (κ3) is 3.77. The fourth-order valence-electron chi connectivity index (χ4n) is 1.34. The molecule has 7 heteroatoms. The number of carbonyl (C=O) groups excluding carboxylic acids is 1. The number of nitrogens with two attached hydrogens (primary N) is 2. The summed E-state index contributed by atoms with van der Waals surface area (Å²) in [5.41, 5.74) is 5.09. The lowest BCUT2D eigenvalue weighted by molar-refractivity contribution is -0.125. The first-order valence-corrected chi connectivity index (χ1v) is 6.60. The van der Waals surface area contributed by atoms with Gasteiger partial charge in [-0.1, -0.05) is 0 Å². The molecule has 0 unspecified atom stereocenters. The van der Waals surface area contributed by atoms with Crippen LogP contribution in [0.5, 0.6) is 0 Å². The normalized spacial score (nSPS) is 18.5. The van der Waals surface area contributed by atoms with Gasteiger partial charge in [0.15, 0.2) is 0 Å². The van der Waals surface area contributed by atoms with Crippen molar-refractivity contribution < 1.29 is 13.2 Å². The van der Waals surface area contributed by atoms with Crippen LogP contribution in [0.15, 0.2) is 0 Å². The van der Waals surface area contributed by atoms with Gasteiger partial charge in [-0.25, -0.2) is 13.6 Å². The number of hydrogen-bond donors (Lipinski definition) is 3. The number of carbonyl (C=O) groups is 1. The molecule has 0 heterocycles. The van der Waals surface area contributed by atoms with Crippen LogP contribution >= 0.6 is 0 Å². The van der Waals surface area contributed by atoms with Crippen LogP contribution in [0.3, 0.4) is 0 Å². The van der Waals surface area contributed by atoms with Gasteiger partial charge in [0, 0.05) is 13.1 Å². The Balaban J connectivity index is 2.19. The van der Waals surface area contributed by atoms with Crippen molar-refractivity contribution >= 4 is 15.9 Å². The average molecular weight is 235 g/mol. The second-order valence-corrected chi connectivity index (χ2v) is 5.69. The second-order valence-electron chi connectivity index (χ2n) is 3.96. The summed E-state index contributed by atoms with van der Waals surface area (Å²) in [7, 11) is -3.42. The number of nitrogens with one attached hydrogen (secondary N) is 1. The molecule has 0 aliphatic heterocycles. The molecule has 0 aromatic carbocycles. The Bertz CT molecular complexity index is 335. The van der Waals surface area contributed by atoms with E-state index in [0.29, 0.717) is 19.5 Å². The number of hydrogen-bond acceptors (Lipinski definition) is 4. The van der Waals surface area contributed by atoms with Gasteiger partial charge in [0.05, 0.1) is 11.2 Å². The van der Waals surface area contributed by atoms with E-state index in [-0.39, 0.29) is 17.1 Å². The third-order valence-corrected chi connectivity index (χ3v) is 3.47. The van der Waals surface area contributed by atoms with Gasteiger partial charge in [-0.15, -0.1) is 0 Å². The van der Waals surface area contributed by atoms with E-state index in [1.807, 2.05) is 0 Å². The SMILES string of the molecule is NCC1(C(=O)NCCCS(N)(=O)=O)CC1. The summed E-state index contributed by atoms with van der Waals surface area (Å²) in [5, 5.41) is 7.49. The molecule has 0 bridgehead atoms. The van der Waals surface area contributed by atoms with Crippen LogP contribution in [0.1, 0.15) is 19.3 Å². The molecule has 15 heavy (non-hydrogen) atoms. The molecule has 0 aromatic rings. The average Bonchev–Trinajstić information content (AvgIpc) is 2.91. The van der Waals surface area contributed by atoms with Gasteiger partial charge < -0.3 is 11.1 Å². The molecular formula is C8H17N3O3S. The first-order valence-electron chi connectivity index (χ1n) is 4.88. The van der Waals surface area contributed by atoms with E-state index in [1.165, 1.54) is 0 Å². The minimum atomic E-state index is -3.42. The monoisotopic (exact) mass is 235 g/mol. The quantitative estimate of drug-likeness (QED) is 0.487. The Morgan fingerprint density at radius 2 is 2.00 bits per heavy atom. The van der Waals surface area contributed by atoms with Gasteiger partial charge in [0.25, 0.3) is 0 Å². The van der Waals surface area contributed by atoms with Gasteiger partial charge in [-0.2, -0.15) is 0 Å². The van der Waals surface area contributed by atoms with Crippen molar-refractivity contribution in [1.29, 1.82) is 0 Å². The highest BCUT2D eigenvalue weighted by atomic mass is 32.2. The van der Waals surface area contributed by atoms with Crippen LogP contribution in [0.25, 0.3) is 0 Å². The van der Waals surface area contributed by atoms with Crippen LogP contribution in [0, 0.1) is 5.41 Å². The summed E-state index contributed by atoms with van der Waals surface area (Å²) in [6, 6.07) is 0. The Morgan fingerprint density at radius 3 is 2.40 bits per heavy atom. The van der Waals surface area contributed by atoms with E-state index in [9.17, 15) is 13.2 Å². The van der Waals surface area contributed by atoms with E-state index in [0.717, 1.165) is 12.8 Å². The van der Waals surface area contributed by atoms with Gasteiger partial charge in [0.2, 0.25) is 15.9 Å². The number of primary sulfonamides is 1. The molecule has 0 radical (unpaired) electrons. The van der Waals surface area contributed by atoms with E-state index in [1.54, 1.807) is 0 Å². The lowest BCUT2D eigenvalue weighted by Gasteiger charge is -2.12. The van der Waals surface area contributed by atoms with Crippen LogP contribution in [0.4, 0.5) is 0 Å². The predicted octanol–water partition coefficient (Wildman–Crippen LogP) is -1.48. The molecule has 1 amide bonds. The van der Waals surface area contributed by atoms with E-state index < -0.39 is 10.0 Å². The molecule has 0 spiro atoms. The zero-order valence-corrected chi connectivity index (χ0v) is 9.35. The van der Waals surface area contributed by atoms with Crippen LogP contribution < -0.4 is 16.2 Å². The zero-order chi connectivity index (χ0) is 11.5. The molecule has 88 valence electrons. The maximum Gasteiger partial charge on any atom is 0.227 e. The molecule has 1 aliphatic carbocycles. The van der Waals surface area contributed by atoms with Gasteiger partial charge in [-0.3, -0.25) is 4.79 Å². The van der Waals surface area contributed by atoms with Gasteiger partial charge >= 0.3 is 0 Å². The van der Waals surface area contributed by atoms with Crippen LogP contribution in [0.2, 0.25) is 0 Å². The minimum absolute atomic E-state index is 0.0700. The topological polar surface area (TPSA) is 115 Å². The van der Waals surface area contributed by atoms with Crippen LogP contribution in [-0.4, -0.2) is 33.2 Å². The Labute approximate surface area is 89.4 Å². The number of amides is 1. The van der Waals surface area contributed by atoms with E-state index in [4.69, 9.17) is 10.9 Å². The summed E-state index contributed by atoms with van der Waals surface area (Å²) in [5.74, 6) is -0.178. The smallest absolute Gasteiger partial charge is 0.227 e. The van der Waals surface area contributed by atoms with Crippen molar-refractivity contribution in [3.8, 4) is 0 Å². The summed E-state index contributed by atoms with van der Waals surface area (Å²) in [6.45, 7) is 0.686. The maximum absolute atomic E-state index is 11.5. The van der Waals surface area contributed by atoms with Crippen molar-refractivity contribution in [3.05, 3.63) is 0 Å². The van der Waals surface area contributed by atoms with E-state index >= 15 is 0 Å². The Kier molecular flexibility index (Phi) is 3.69. The van der Waals surface area contributed by atoms with Crippen molar-refractivity contribution in [1.82, 2.24) is 5.32 Å². The Morgan fingerprint density at radius 1 is 1.40 bits per heavy atom. The lowest BCUT2D eigenvalue weighted by atomic mass is 10.1. The third-order valence-electron chi connectivity index (χ3n) is 2.62. The maximum atomic E-state index is 11.5. The lowest BCUT2D eigenvalue weighted by Crippen LogP contribution is -2.37. The molecular weight excluding hydrogens is 218 g/mol. The summed E-state index contributed by atoms with van der Waals surface area (Å²) in [6.07, 6.45) is 1.99. The van der Waals surface area contributed by atoms with Crippen LogP contribution in [-0.2, 0) is 14.8 Å². The molecule has 0 aromatic heterocycles.